The average Bonchev–Trinajstić information content (AvgIpc) is 2.84. The molecule has 25 heavy (non-hydrogen) atoms. The summed E-state index contributed by atoms with van der Waals surface area (Å²) in [5.41, 5.74) is 1.01. The van der Waals surface area contributed by atoms with Gasteiger partial charge in [-0.25, -0.2) is 4.90 Å². The van der Waals surface area contributed by atoms with Crippen molar-refractivity contribution in [3.63, 3.8) is 0 Å². The lowest BCUT2D eigenvalue weighted by atomic mass is 10.2. The number of anilines is 2. The molecule has 3 rings (SSSR count). The van der Waals surface area contributed by atoms with Gasteiger partial charge in [-0.1, -0.05) is 34.8 Å². The zero-order valence-electron chi connectivity index (χ0n) is 13.1. The molecule has 1 N–H and O–H groups in total. The Bertz CT molecular complexity index is 857. The van der Waals surface area contributed by atoms with E-state index in [2.05, 4.69) is 5.32 Å². The highest BCUT2D eigenvalue weighted by atomic mass is 35.5. The van der Waals surface area contributed by atoms with Crippen molar-refractivity contribution in [1.82, 2.24) is 0 Å². The van der Waals surface area contributed by atoms with Crippen LogP contribution >= 0.6 is 34.8 Å². The molecule has 0 saturated carbocycles. The van der Waals surface area contributed by atoms with Gasteiger partial charge in [0.15, 0.2) is 0 Å². The van der Waals surface area contributed by atoms with Crippen molar-refractivity contribution < 1.29 is 14.3 Å². The number of amides is 2. The molecule has 0 spiro atoms. The molecule has 2 aromatic carbocycles. The van der Waals surface area contributed by atoms with Crippen molar-refractivity contribution in [2.24, 2.45) is 0 Å². The van der Waals surface area contributed by atoms with Gasteiger partial charge in [0.25, 0.3) is 5.91 Å². The van der Waals surface area contributed by atoms with Crippen LogP contribution in [0.15, 0.2) is 36.4 Å². The van der Waals surface area contributed by atoms with Crippen LogP contribution in [0, 0.1) is 0 Å². The first-order chi connectivity index (χ1) is 11.9. The molecule has 1 saturated heterocycles. The molecule has 1 aliphatic rings. The van der Waals surface area contributed by atoms with E-state index in [1.165, 1.54) is 13.2 Å². The van der Waals surface area contributed by atoms with Gasteiger partial charge < -0.3 is 10.1 Å². The van der Waals surface area contributed by atoms with Crippen molar-refractivity contribution in [1.29, 1.82) is 0 Å². The molecule has 8 heteroatoms. The van der Waals surface area contributed by atoms with Crippen LogP contribution in [0.5, 0.6) is 5.75 Å². The summed E-state index contributed by atoms with van der Waals surface area (Å²) in [6, 6.07) is 8.98. The molecule has 1 fully saturated rings. The van der Waals surface area contributed by atoms with E-state index < -0.39 is 6.04 Å². The Kier molecular flexibility index (Phi) is 5.08. The first-order valence-corrected chi connectivity index (χ1v) is 8.46. The lowest BCUT2D eigenvalue weighted by Crippen LogP contribution is -2.34. The Balaban J connectivity index is 1.81. The predicted octanol–water partition coefficient (Wildman–Crippen LogP) is 4.40. The molecule has 5 nitrogen and oxygen atoms in total. The minimum absolute atomic E-state index is 0.0305. The van der Waals surface area contributed by atoms with Crippen LogP contribution in [-0.2, 0) is 9.59 Å². The zero-order chi connectivity index (χ0) is 18.1. The topological polar surface area (TPSA) is 58.6 Å². The third-order valence-electron chi connectivity index (χ3n) is 3.80. The number of rotatable bonds is 4. The molecule has 0 bridgehead atoms. The lowest BCUT2D eigenvalue weighted by molar-refractivity contribution is -0.121. The van der Waals surface area contributed by atoms with Gasteiger partial charge in [-0.2, -0.15) is 0 Å². The Morgan fingerprint density at radius 3 is 2.44 bits per heavy atom. The van der Waals surface area contributed by atoms with Crippen LogP contribution in [0.2, 0.25) is 15.1 Å². The van der Waals surface area contributed by atoms with E-state index in [-0.39, 0.29) is 23.3 Å². The Labute approximate surface area is 159 Å². The quantitative estimate of drug-likeness (QED) is 0.774. The van der Waals surface area contributed by atoms with Crippen LogP contribution in [-0.4, -0.2) is 25.0 Å². The van der Waals surface area contributed by atoms with Gasteiger partial charge in [0, 0.05) is 5.69 Å². The Morgan fingerprint density at radius 1 is 1.04 bits per heavy atom. The standard InChI is InChI=1S/C17H13Cl3N2O3/c1-25-15-5-2-9(6-13(15)20)21-14-8-16(23)22(17(14)24)10-3-4-11(18)12(19)7-10/h2-7,14,21H,8H2,1H3/t14-/m0/s1. The fraction of sp³-hybridized carbons (Fsp3) is 0.176. The summed E-state index contributed by atoms with van der Waals surface area (Å²) in [4.78, 5) is 26.0. The molecule has 130 valence electrons. The molecule has 0 radical (unpaired) electrons. The Morgan fingerprint density at radius 2 is 1.80 bits per heavy atom. The maximum absolute atomic E-state index is 12.6. The molecule has 1 aliphatic heterocycles. The van der Waals surface area contributed by atoms with Crippen molar-refractivity contribution in [3.05, 3.63) is 51.5 Å². The van der Waals surface area contributed by atoms with Gasteiger partial charge in [0.1, 0.15) is 11.8 Å². The maximum atomic E-state index is 12.6. The molecule has 0 aliphatic carbocycles. The SMILES string of the molecule is COc1ccc(N[C@H]2CC(=O)N(c3ccc(Cl)c(Cl)c3)C2=O)cc1Cl. The van der Waals surface area contributed by atoms with E-state index in [0.29, 0.717) is 27.2 Å². The van der Waals surface area contributed by atoms with E-state index in [0.717, 1.165) is 4.90 Å². The first kappa shape index (κ1) is 17.9. The van der Waals surface area contributed by atoms with E-state index in [4.69, 9.17) is 39.5 Å². The van der Waals surface area contributed by atoms with Crippen LogP contribution < -0.4 is 15.0 Å². The van der Waals surface area contributed by atoms with E-state index in [9.17, 15) is 9.59 Å². The van der Waals surface area contributed by atoms with Gasteiger partial charge in [0.05, 0.1) is 34.3 Å². The summed E-state index contributed by atoms with van der Waals surface area (Å²) in [6.07, 6.45) is 0.0305. The van der Waals surface area contributed by atoms with Crippen LogP contribution in [0.25, 0.3) is 0 Å². The van der Waals surface area contributed by atoms with E-state index in [1.807, 2.05) is 0 Å². The number of imide groups is 1. The van der Waals surface area contributed by atoms with Crippen molar-refractivity contribution in [2.45, 2.75) is 12.5 Å². The number of hydrogen-bond acceptors (Lipinski definition) is 4. The van der Waals surface area contributed by atoms with Gasteiger partial charge >= 0.3 is 0 Å². The fourth-order valence-corrected chi connectivity index (χ4v) is 3.15. The molecule has 0 aromatic heterocycles. The second-order valence-electron chi connectivity index (χ2n) is 5.42. The van der Waals surface area contributed by atoms with Crippen molar-refractivity contribution >= 4 is 58.0 Å². The highest BCUT2D eigenvalue weighted by Gasteiger charge is 2.39. The zero-order valence-corrected chi connectivity index (χ0v) is 15.3. The normalized spacial score (nSPS) is 17.1. The average molecular weight is 400 g/mol. The second kappa shape index (κ2) is 7.12. The molecule has 2 amide bonds. The lowest BCUT2D eigenvalue weighted by Gasteiger charge is -2.17. The number of benzene rings is 2. The fourth-order valence-electron chi connectivity index (χ4n) is 2.60. The van der Waals surface area contributed by atoms with Gasteiger partial charge in [0.2, 0.25) is 5.91 Å². The summed E-state index contributed by atoms with van der Waals surface area (Å²) in [5.74, 6) is -0.158. The minimum Gasteiger partial charge on any atom is -0.495 e. The molecule has 1 atom stereocenters. The van der Waals surface area contributed by atoms with Crippen LogP contribution in [0.4, 0.5) is 11.4 Å². The third kappa shape index (κ3) is 3.54. The monoisotopic (exact) mass is 398 g/mol. The van der Waals surface area contributed by atoms with Gasteiger partial charge in [-0.15, -0.1) is 0 Å². The largest absolute Gasteiger partial charge is 0.495 e. The van der Waals surface area contributed by atoms with Crippen LogP contribution in [0.1, 0.15) is 6.42 Å². The second-order valence-corrected chi connectivity index (χ2v) is 6.64. The number of carbonyl (C=O) groups excluding carboxylic acids is 2. The summed E-state index contributed by atoms with van der Waals surface area (Å²) in [5, 5.41) is 4.07. The maximum Gasteiger partial charge on any atom is 0.256 e. The smallest absolute Gasteiger partial charge is 0.256 e. The number of methoxy groups -OCH3 is 1. The number of nitrogens with one attached hydrogen (secondary N) is 1. The van der Waals surface area contributed by atoms with Crippen LogP contribution in [0.3, 0.4) is 0 Å². The summed E-state index contributed by atoms with van der Waals surface area (Å²) in [6.45, 7) is 0. The third-order valence-corrected chi connectivity index (χ3v) is 4.84. The van der Waals surface area contributed by atoms with Crippen molar-refractivity contribution in [3.8, 4) is 5.75 Å². The number of ether oxygens (including phenoxy) is 1. The van der Waals surface area contributed by atoms with E-state index in [1.54, 1.807) is 30.3 Å². The highest BCUT2D eigenvalue weighted by molar-refractivity contribution is 6.42. The predicted molar refractivity (Wildman–Crippen MR) is 99.0 cm³/mol. The number of hydrogen-bond donors (Lipinski definition) is 1. The number of carbonyl (C=O) groups is 2. The number of halogens is 3. The summed E-state index contributed by atoms with van der Waals surface area (Å²) < 4.78 is 5.09. The first-order valence-electron chi connectivity index (χ1n) is 7.32. The molecular weight excluding hydrogens is 387 g/mol. The highest BCUT2D eigenvalue weighted by Crippen LogP contribution is 2.32. The molecule has 1 heterocycles. The van der Waals surface area contributed by atoms with E-state index >= 15 is 0 Å². The van der Waals surface area contributed by atoms with Gasteiger partial charge in [-0.05, 0) is 36.4 Å². The summed E-state index contributed by atoms with van der Waals surface area (Å²) >= 11 is 17.9. The van der Waals surface area contributed by atoms with Gasteiger partial charge in [-0.3, -0.25) is 9.59 Å². The summed E-state index contributed by atoms with van der Waals surface area (Å²) in [7, 11) is 1.52. The minimum atomic E-state index is -0.689. The molecule has 2 aromatic rings. The molecule has 0 unspecified atom stereocenters. The Hall–Kier alpha value is -1.95. The molecular formula is C17H13Cl3N2O3. The number of nitrogens with zero attached hydrogens (tertiary/aromatic N) is 1. The van der Waals surface area contributed by atoms with Crippen molar-refractivity contribution in [2.75, 3.05) is 17.3 Å².